The third-order valence-corrected chi connectivity index (χ3v) is 4.30. The first-order chi connectivity index (χ1) is 11.4. The van der Waals surface area contributed by atoms with Gasteiger partial charge in [-0.25, -0.2) is 0 Å². The smallest absolute Gasteiger partial charge is 0.382 e. The van der Waals surface area contributed by atoms with E-state index in [0.29, 0.717) is 31.1 Å². The topological polar surface area (TPSA) is 62.4 Å². The highest BCUT2D eigenvalue weighted by molar-refractivity contribution is 5.57. The average molecular weight is 341 g/mol. The van der Waals surface area contributed by atoms with E-state index in [-0.39, 0.29) is 6.54 Å². The molecule has 0 saturated carbocycles. The number of hydrogen-bond acceptors (Lipinski definition) is 5. The number of hydrogen-bond donors (Lipinski definition) is 1. The van der Waals surface area contributed by atoms with E-state index in [1.807, 2.05) is 31.2 Å². The second-order valence-corrected chi connectivity index (χ2v) is 6.00. The number of benzene rings is 1. The fourth-order valence-corrected chi connectivity index (χ4v) is 3.05. The first-order valence-electron chi connectivity index (χ1n) is 7.73. The van der Waals surface area contributed by atoms with Crippen LogP contribution in [0.5, 0.6) is 0 Å². The molecule has 24 heavy (non-hydrogen) atoms. The zero-order valence-electron chi connectivity index (χ0n) is 13.1. The van der Waals surface area contributed by atoms with Crippen LogP contribution in [0.25, 0.3) is 11.5 Å². The van der Waals surface area contributed by atoms with E-state index in [0.717, 1.165) is 11.1 Å². The Kier molecular flexibility index (Phi) is 4.60. The van der Waals surface area contributed by atoms with E-state index >= 15 is 0 Å². The second kappa shape index (κ2) is 6.52. The summed E-state index contributed by atoms with van der Waals surface area (Å²) in [7, 11) is 0. The molecule has 1 aromatic carbocycles. The monoisotopic (exact) mass is 341 g/mol. The highest BCUT2D eigenvalue weighted by Gasteiger charge is 2.47. The number of alkyl halides is 3. The Morgan fingerprint density at radius 1 is 1.38 bits per heavy atom. The molecule has 0 spiro atoms. The molecule has 2 aromatic rings. The van der Waals surface area contributed by atoms with Gasteiger partial charge >= 0.3 is 6.18 Å². The summed E-state index contributed by atoms with van der Waals surface area (Å²) in [6, 6.07) is 6.53. The maximum atomic E-state index is 12.8. The SMILES string of the molecule is Cc1ccccc1-c1nc(CN2CCCC2C(O)C(F)(F)F)no1. The number of halogens is 3. The van der Waals surface area contributed by atoms with Crippen molar-refractivity contribution in [2.24, 2.45) is 0 Å². The number of nitrogens with zero attached hydrogens (tertiary/aromatic N) is 3. The molecule has 0 bridgehead atoms. The maximum Gasteiger partial charge on any atom is 0.415 e. The van der Waals surface area contributed by atoms with Crippen LogP contribution in [0.15, 0.2) is 28.8 Å². The minimum atomic E-state index is -4.63. The molecule has 0 radical (unpaired) electrons. The van der Waals surface area contributed by atoms with Crippen molar-refractivity contribution in [2.75, 3.05) is 6.54 Å². The summed E-state index contributed by atoms with van der Waals surface area (Å²) in [6.07, 6.45) is -6.09. The lowest BCUT2D eigenvalue weighted by molar-refractivity contribution is -0.219. The van der Waals surface area contributed by atoms with Gasteiger partial charge in [-0.3, -0.25) is 4.90 Å². The standard InChI is InChI=1S/C16H18F3N3O2/c1-10-5-2-3-6-11(10)15-20-13(21-24-15)9-22-8-4-7-12(22)14(23)16(17,18)19/h2-3,5-6,12,14,23H,4,7-9H2,1H3. The first-order valence-corrected chi connectivity index (χ1v) is 7.73. The van der Waals surface area contributed by atoms with Crippen LogP contribution in [-0.4, -0.2) is 45.0 Å². The van der Waals surface area contributed by atoms with Gasteiger partial charge in [0.2, 0.25) is 0 Å². The van der Waals surface area contributed by atoms with Gasteiger partial charge in [0.05, 0.1) is 6.54 Å². The Morgan fingerprint density at radius 3 is 2.83 bits per heavy atom. The van der Waals surface area contributed by atoms with Crippen LogP contribution in [0.2, 0.25) is 0 Å². The van der Waals surface area contributed by atoms with Gasteiger partial charge in [0.1, 0.15) is 0 Å². The van der Waals surface area contributed by atoms with E-state index in [1.165, 1.54) is 0 Å². The van der Waals surface area contributed by atoms with Crippen LogP contribution in [-0.2, 0) is 6.54 Å². The zero-order valence-corrected chi connectivity index (χ0v) is 13.1. The van der Waals surface area contributed by atoms with Crippen LogP contribution in [0.4, 0.5) is 13.2 Å². The number of aliphatic hydroxyl groups excluding tert-OH is 1. The van der Waals surface area contributed by atoms with Gasteiger partial charge in [-0.1, -0.05) is 23.4 Å². The fraction of sp³-hybridized carbons (Fsp3) is 0.500. The molecule has 1 aromatic heterocycles. The molecule has 2 atom stereocenters. The van der Waals surface area contributed by atoms with Gasteiger partial charge in [0.15, 0.2) is 11.9 Å². The number of aromatic nitrogens is 2. The Balaban J connectivity index is 1.74. The summed E-state index contributed by atoms with van der Waals surface area (Å²) in [4.78, 5) is 5.84. The highest BCUT2D eigenvalue weighted by atomic mass is 19.4. The van der Waals surface area contributed by atoms with Crippen molar-refractivity contribution >= 4 is 0 Å². The molecule has 8 heteroatoms. The lowest BCUT2D eigenvalue weighted by Gasteiger charge is -2.28. The molecule has 1 aliphatic heterocycles. The van der Waals surface area contributed by atoms with E-state index in [1.54, 1.807) is 4.90 Å². The second-order valence-electron chi connectivity index (χ2n) is 6.00. The Hall–Kier alpha value is -1.93. The fourth-order valence-electron chi connectivity index (χ4n) is 3.05. The molecule has 3 rings (SSSR count). The van der Waals surface area contributed by atoms with Crippen molar-refractivity contribution in [3.63, 3.8) is 0 Å². The van der Waals surface area contributed by atoms with Gasteiger partial charge in [-0.2, -0.15) is 18.2 Å². The van der Waals surface area contributed by atoms with Gasteiger partial charge in [0.25, 0.3) is 5.89 Å². The Labute approximate surface area is 137 Å². The maximum absolute atomic E-state index is 12.8. The quantitative estimate of drug-likeness (QED) is 0.926. The van der Waals surface area contributed by atoms with Crippen molar-refractivity contribution in [1.82, 2.24) is 15.0 Å². The summed E-state index contributed by atoms with van der Waals surface area (Å²) >= 11 is 0. The van der Waals surface area contributed by atoms with Gasteiger partial charge in [-0.15, -0.1) is 0 Å². The molecule has 1 saturated heterocycles. The van der Waals surface area contributed by atoms with Gasteiger partial charge in [-0.05, 0) is 37.9 Å². The van der Waals surface area contributed by atoms with E-state index in [2.05, 4.69) is 10.1 Å². The van der Waals surface area contributed by atoms with Crippen LogP contribution >= 0.6 is 0 Å². The average Bonchev–Trinajstić information content (AvgIpc) is 3.16. The summed E-state index contributed by atoms with van der Waals surface area (Å²) in [6.45, 7) is 2.49. The largest absolute Gasteiger partial charge is 0.415 e. The summed E-state index contributed by atoms with van der Waals surface area (Å²) in [5.74, 6) is 0.657. The van der Waals surface area contributed by atoms with Gasteiger partial charge in [0, 0.05) is 11.6 Å². The molecule has 1 aliphatic rings. The lowest BCUT2D eigenvalue weighted by Crippen LogP contribution is -2.46. The van der Waals surface area contributed by atoms with Crippen LogP contribution in [0.3, 0.4) is 0 Å². The molecule has 1 fully saturated rings. The van der Waals surface area contributed by atoms with Crippen molar-refractivity contribution in [2.45, 2.75) is 44.6 Å². The molecular formula is C16H18F3N3O2. The van der Waals surface area contributed by atoms with E-state index in [9.17, 15) is 18.3 Å². The number of aliphatic hydroxyl groups is 1. The summed E-state index contributed by atoms with van der Waals surface area (Å²) < 4.78 is 43.5. The van der Waals surface area contributed by atoms with Crippen molar-refractivity contribution in [3.05, 3.63) is 35.7 Å². The minimum absolute atomic E-state index is 0.118. The van der Waals surface area contributed by atoms with E-state index < -0.39 is 18.3 Å². The Morgan fingerprint density at radius 2 is 2.12 bits per heavy atom. The third-order valence-electron chi connectivity index (χ3n) is 4.30. The highest BCUT2D eigenvalue weighted by Crippen LogP contribution is 2.31. The van der Waals surface area contributed by atoms with Crippen molar-refractivity contribution in [3.8, 4) is 11.5 Å². The van der Waals surface area contributed by atoms with E-state index in [4.69, 9.17) is 4.52 Å². The van der Waals surface area contributed by atoms with Crippen LogP contribution < -0.4 is 0 Å². The molecule has 1 N–H and O–H groups in total. The minimum Gasteiger partial charge on any atom is -0.382 e. The molecule has 2 unspecified atom stereocenters. The molecule has 0 amide bonds. The third kappa shape index (κ3) is 3.44. The Bertz CT molecular complexity index is 702. The molecule has 2 heterocycles. The van der Waals surface area contributed by atoms with Crippen LogP contribution in [0.1, 0.15) is 24.2 Å². The zero-order chi connectivity index (χ0) is 17.3. The molecule has 0 aliphatic carbocycles. The number of aryl methyl sites for hydroxylation is 1. The molecule has 130 valence electrons. The van der Waals surface area contributed by atoms with Crippen LogP contribution in [0, 0.1) is 6.92 Å². The summed E-state index contributed by atoms with van der Waals surface area (Å²) in [5.41, 5.74) is 1.77. The molecular weight excluding hydrogens is 323 g/mol. The van der Waals surface area contributed by atoms with Crippen molar-refractivity contribution < 1.29 is 22.8 Å². The predicted octanol–water partition coefficient (Wildman–Crippen LogP) is 2.93. The predicted molar refractivity (Wildman–Crippen MR) is 80.0 cm³/mol. The first kappa shape index (κ1) is 16.9. The molecule has 5 nitrogen and oxygen atoms in total. The number of likely N-dealkylation sites (tertiary alicyclic amines) is 1. The lowest BCUT2D eigenvalue weighted by atomic mass is 10.1. The van der Waals surface area contributed by atoms with Gasteiger partial charge < -0.3 is 9.63 Å². The van der Waals surface area contributed by atoms with Crippen molar-refractivity contribution in [1.29, 1.82) is 0 Å². The number of rotatable bonds is 4. The normalized spacial score (nSPS) is 20.5. The summed E-state index contributed by atoms with van der Waals surface area (Å²) in [5, 5.41) is 13.4.